The summed E-state index contributed by atoms with van der Waals surface area (Å²) >= 11 is 0. The van der Waals surface area contributed by atoms with Gasteiger partial charge in [-0.15, -0.1) is 0 Å². The van der Waals surface area contributed by atoms with Gasteiger partial charge in [0.15, 0.2) is 0 Å². The molecule has 0 bridgehead atoms. The Bertz CT molecular complexity index is 619. The van der Waals surface area contributed by atoms with Crippen molar-refractivity contribution in [3.05, 3.63) is 29.8 Å². The first-order valence-corrected chi connectivity index (χ1v) is 11.3. The molecule has 4 rings (SSSR count). The summed E-state index contributed by atoms with van der Waals surface area (Å²) in [5.74, 6) is 1.73. The third kappa shape index (κ3) is 5.71. The second-order valence-electron chi connectivity index (χ2n) is 8.39. The van der Waals surface area contributed by atoms with Gasteiger partial charge in [0.2, 0.25) is 5.90 Å². The Morgan fingerprint density at radius 3 is 2.29 bits per heavy atom. The third-order valence-corrected chi connectivity index (χ3v) is 6.07. The van der Waals surface area contributed by atoms with Crippen LogP contribution in [0.15, 0.2) is 29.3 Å². The smallest absolute Gasteiger partial charge is 0.216 e. The molecule has 3 aliphatic heterocycles. The summed E-state index contributed by atoms with van der Waals surface area (Å²) in [6, 6.07) is 8.50. The molecule has 0 aliphatic carbocycles. The molecule has 0 N–H and O–H groups in total. The summed E-state index contributed by atoms with van der Waals surface area (Å²) < 4.78 is 11.8. The first kappa shape index (κ1) is 19.7. The lowest BCUT2D eigenvalue weighted by molar-refractivity contribution is 0.200. The highest BCUT2D eigenvalue weighted by atomic mass is 16.5. The van der Waals surface area contributed by atoms with Crippen LogP contribution in [0.5, 0.6) is 5.75 Å². The predicted octanol–water partition coefficient (Wildman–Crippen LogP) is 3.57. The van der Waals surface area contributed by atoms with Crippen LogP contribution < -0.4 is 4.74 Å². The van der Waals surface area contributed by atoms with Crippen LogP contribution in [-0.2, 0) is 4.74 Å². The lowest BCUT2D eigenvalue weighted by Gasteiger charge is -2.27. The van der Waals surface area contributed by atoms with Crippen LogP contribution in [-0.4, -0.2) is 74.2 Å². The van der Waals surface area contributed by atoms with Crippen LogP contribution >= 0.6 is 0 Å². The fourth-order valence-electron chi connectivity index (χ4n) is 4.46. The number of piperidine rings is 2. The van der Waals surface area contributed by atoms with Crippen LogP contribution in [0.4, 0.5) is 0 Å². The summed E-state index contributed by atoms with van der Waals surface area (Å²) in [7, 11) is 0. The summed E-state index contributed by atoms with van der Waals surface area (Å²) in [6.45, 7) is 8.62. The molecule has 1 aromatic rings. The van der Waals surface area contributed by atoms with E-state index in [0.717, 1.165) is 43.3 Å². The van der Waals surface area contributed by atoms with Crippen molar-refractivity contribution in [3.8, 4) is 5.75 Å². The Kier molecular flexibility index (Phi) is 7.23. The van der Waals surface area contributed by atoms with Crippen molar-refractivity contribution >= 4 is 5.90 Å². The van der Waals surface area contributed by atoms with E-state index in [0.29, 0.717) is 6.61 Å². The molecule has 0 saturated carbocycles. The van der Waals surface area contributed by atoms with E-state index in [2.05, 4.69) is 21.9 Å². The van der Waals surface area contributed by atoms with E-state index in [-0.39, 0.29) is 6.04 Å². The molecule has 0 amide bonds. The highest BCUT2D eigenvalue weighted by Gasteiger charge is 2.23. The zero-order valence-corrected chi connectivity index (χ0v) is 17.2. The van der Waals surface area contributed by atoms with E-state index in [9.17, 15) is 0 Å². The van der Waals surface area contributed by atoms with Crippen molar-refractivity contribution in [1.82, 2.24) is 9.80 Å². The largest absolute Gasteiger partial charge is 0.494 e. The van der Waals surface area contributed by atoms with Gasteiger partial charge in [-0.1, -0.05) is 12.8 Å². The Morgan fingerprint density at radius 1 is 0.893 bits per heavy atom. The SMILES string of the molecule is c1cc(C2=NC(CN3CCCCC3)CO2)ccc1OCCCN1CCCCC1. The molecular formula is C23H35N3O2. The topological polar surface area (TPSA) is 37.3 Å². The van der Waals surface area contributed by atoms with Crippen molar-refractivity contribution in [1.29, 1.82) is 0 Å². The molecule has 2 fully saturated rings. The van der Waals surface area contributed by atoms with E-state index in [1.165, 1.54) is 64.7 Å². The summed E-state index contributed by atoms with van der Waals surface area (Å²) in [6.07, 6.45) is 9.22. The third-order valence-electron chi connectivity index (χ3n) is 6.07. The van der Waals surface area contributed by atoms with Crippen LogP contribution in [0.25, 0.3) is 0 Å². The average molecular weight is 386 g/mol. The molecule has 0 aromatic heterocycles. The van der Waals surface area contributed by atoms with Crippen molar-refractivity contribution in [2.24, 2.45) is 4.99 Å². The number of benzene rings is 1. The second kappa shape index (κ2) is 10.3. The predicted molar refractivity (Wildman–Crippen MR) is 113 cm³/mol. The lowest BCUT2D eigenvalue weighted by Crippen LogP contribution is -2.36. The number of rotatable bonds is 8. The maximum atomic E-state index is 5.92. The summed E-state index contributed by atoms with van der Waals surface area (Å²) in [5, 5.41) is 0. The minimum absolute atomic E-state index is 0.277. The number of hydrogen-bond donors (Lipinski definition) is 0. The van der Waals surface area contributed by atoms with Gasteiger partial charge in [0.05, 0.1) is 6.61 Å². The lowest BCUT2D eigenvalue weighted by atomic mass is 10.1. The molecule has 5 heteroatoms. The number of hydrogen-bond acceptors (Lipinski definition) is 5. The molecule has 1 atom stereocenters. The molecule has 0 spiro atoms. The summed E-state index contributed by atoms with van der Waals surface area (Å²) in [4.78, 5) is 9.91. The van der Waals surface area contributed by atoms with Gasteiger partial charge in [-0.3, -0.25) is 0 Å². The first-order chi connectivity index (χ1) is 13.9. The number of nitrogens with zero attached hydrogens (tertiary/aromatic N) is 3. The molecule has 28 heavy (non-hydrogen) atoms. The van der Waals surface area contributed by atoms with Crippen molar-refractivity contribution in [3.63, 3.8) is 0 Å². The molecule has 1 aromatic carbocycles. The van der Waals surface area contributed by atoms with E-state index in [1.807, 2.05) is 12.1 Å². The van der Waals surface area contributed by atoms with E-state index >= 15 is 0 Å². The number of likely N-dealkylation sites (tertiary alicyclic amines) is 2. The van der Waals surface area contributed by atoms with Gasteiger partial charge in [0, 0.05) is 18.7 Å². The fraction of sp³-hybridized carbons (Fsp3) is 0.696. The Labute approximate surface area is 169 Å². The first-order valence-electron chi connectivity index (χ1n) is 11.3. The molecule has 1 unspecified atom stereocenters. The molecule has 0 radical (unpaired) electrons. The minimum Gasteiger partial charge on any atom is -0.494 e. The zero-order valence-electron chi connectivity index (χ0n) is 17.2. The second-order valence-corrected chi connectivity index (χ2v) is 8.39. The van der Waals surface area contributed by atoms with Gasteiger partial charge in [-0.2, -0.15) is 0 Å². The standard InChI is InChI=1S/C23H35N3O2/c1-3-12-25(13-4-1)16-7-17-27-22-10-8-20(9-11-22)23-24-21(19-28-23)18-26-14-5-2-6-15-26/h8-11,21H,1-7,12-19H2. The van der Waals surface area contributed by atoms with Gasteiger partial charge in [-0.25, -0.2) is 4.99 Å². The highest BCUT2D eigenvalue weighted by molar-refractivity contribution is 5.95. The molecule has 3 aliphatic rings. The quantitative estimate of drug-likeness (QED) is 0.641. The molecular weight excluding hydrogens is 350 g/mol. The Morgan fingerprint density at radius 2 is 1.57 bits per heavy atom. The molecule has 154 valence electrons. The van der Waals surface area contributed by atoms with E-state index < -0.39 is 0 Å². The Balaban J connectivity index is 1.20. The normalized spacial score (nSPS) is 24.0. The van der Waals surface area contributed by atoms with Crippen LogP contribution in [0.1, 0.15) is 50.5 Å². The van der Waals surface area contributed by atoms with Crippen molar-refractivity contribution in [2.45, 2.75) is 51.0 Å². The molecule has 3 heterocycles. The fourth-order valence-corrected chi connectivity index (χ4v) is 4.46. The van der Waals surface area contributed by atoms with Gasteiger partial charge in [0.25, 0.3) is 0 Å². The van der Waals surface area contributed by atoms with Crippen molar-refractivity contribution in [2.75, 3.05) is 52.5 Å². The van der Waals surface area contributed by atoms with Gasteiger partial charge >= 0.3 is 0 Å². The van der Waals surface area contributed by atoms with Crippen LogP contribution in [0.2, 0.25) is 0 Å². The minimum atomic E-state index is 0.277. The van der Waals surface area contributed by atoms with Gasteiger partial charge in [-0.05, 0) is 82.5 Å². The number of ether oxygens (including phenoxy) is 2. The number of aliphatic imine (C=N–C) groups is 1. The maximum absolute atomic E-state index is 5.92. The summed E-state index contributed by atoms with van der Waals surface area (Å²) in [5.41, 5.74) is 1.06. The zero-order chi connectivity index (χ0) is 19.0. The maximum Gasteiger partial charge on any atom is 0.216 e. The van der Waals surface area contributed by atoms with Crippen LogP contribution in [0.3, 0.4) is 0 Å². The monoisotopic (exact) mass is 385 g/mol. The Hall–Kier alpha value is -1.59. The highest BCUT2D eigenvalue weighted by Crippen LogP contribution is 2.19. The molecule has 5 nitrogen and oxygen atoms in total. The van der Waals surface area contributed by atoms with Gasteiger partial charge in [0.1, 0.15) is 18.4 Å². The van der Waals surface area contributed by atoms with E-state index in [1.54, 1.807) is 0 Å². The molecule has 2 saturated heterocycles. The van der Waals surface area contributed by atoms with Gasteiger partial charge < -0.3 is 19.3 Å². The van der Waals surface area contributed by atoms with Crippen LogP contribution in [0, 0.1) is 0 Å². The van der Waals surface area contributed by atoms with E-state index in [4.69, 9.17) is 14.5 Å². The average Bonchev–Trinajstić information content (AvgIpc) is 3.22. The van der Waals surface area contributed by atoms with Crippen molar-refractivity contribution < 1.29 is 9.47 Å².